The number of aromatic nitrogens is 2. The molecule has 7 heteroatoms. The zero-order valence-electron chi connectivity index (χ0n) is 14.9. The van der Waals surface area contributed by atoms with Crippen molar-refractivity contribution in [1.29, 1.82) is 0 Å². The van der Waals surface area contributed by atoms with Gasteiger partial charge in [0.15, 0.2) is 5.60 Å². The molecule has 2 fully saturated rings. The minimum Gasteiger partial charge on any atom is -0.378 e. The van der Waals surface area contributed by atoms with Gasteiger partial charge in [-0.1, -0.05) is 6.92 Å². The topological polar surface area (TPSA) is 70.7 Å². The van der Waals surface area contributed by atoms with Crippen LogP contribution in [0.1, 0.15) is 31.1 Å². The van der Waals surface area contributed by atoms with Crippen LogP contribution in [0.2, 0.25) is 0 Å². The molecule has 24 heavy (non-hydrogen) atoms. The molecule has 1 amide bonds. The van der Waals surface area contributed by atoms with Crippen LogP contribution in [0.3, 0.4) is 0 Å². The lowest BCUT2D eigenvalue weighted by atomic mass is 10.0. The fourth-order valence-corrected chi connectivity index (χ4v) is 3.41. The predicted molar refractivity (Wildman–Crippen MR) is 89.7 cm³/mol. The number of rotatable bonds is 4. The van der Waals surface area contributed by atoms with Crippen molar-refractivity contribution in [2.45, 2.75) is 39.3 Å². The van der Waals surface area contributed by atoms with Crippen molar-refractivity contribution in [3.63, 3.8) is 0 Å². The lowest BCUT2D eigenvalue weighted by Crippen LogP contribution is -2.60. The normalized spacial score (nSPS) is 25.9. The number of carbonyl (C=O) groups excluding carboxylic acids is 1. The van der Waals surface area contributed by atoms with Crippen molar-refractivity contribution >= 4 is 5.91 Å². The van der Waals surface area contributed by atoms with E-state index in [2.05, 4.69) is 28.7 Å². The lowest BCUT2D eigenvalue weighted by molar-refractivity contribution is -0.171. The van der Waals surface area contributed by atoms with E-state index in [9.17, 15) is 4.79 Å². The molecule has 134 valence electrons. The van der Waals surface area contributed by atoms with E-state index in [0.717, 1.165) is 36.7 Å². The van der Waals surface area contributed by atoms with E-state index in [1.165, 1.54) is 0 Å². The predicted octanol–water partition coefficient (Wildman–Crippen LogP) is 0.730. The van der Waals surface area contributed by atoms with Crippen molar-refractivity contribution in [3.8, 4) is 0 Å². The number of carbonyl (C=O) groups is 1. The highest BCUT2D eigenvalue weighted by Gasteiger charge is 2.42. The molecule has 0 radical (unpaired) electrons. The van der Waals surface area contributed by atoms with Crippen LogP contribution >= 0.6 is 0 Å². The smallest absolute Gasteiger partial charge is 0.256 e. The quantitative estimate of drug-likeness (QED) is 0.878. The molecule has 2 saturated heterocycles. The average molecular weight is 336 g/mol. The second kappa shape index (κ2) is 7.21. The summed E-state index contributed by atoms with van der Waals surface area (Å²) < 4.78 is 11.2. The first-order chi connectivity index (χ1) is 11.5. The lowest BCUT2D eigenvalue weighted by Gasteiger charge is -2.42. The van der Waals surface area contributed by atoms with E-state index in [1.54, 1.807) is 0 Å². The minimum absolute atomic E-state index is 0.0727. The molecule has 3 heterocycles. The summed E-state index contributed by atoms with van der Waals surface area (Å²) in [7, 11) is 0. The van der Waals surface area contributed by atoms with E-state index in [0.29, 0.717) is 39.5 Å². The molecule has 1 aromatic rings. The zero-order chi connectivity index (χ0) is 17.2. The monoisotopic (exact) mass is 336 g/mol. The standard InChI is InChI=1S/C17H28N4O3/c1-4-15-18-13(2)14(19-15)11-20-5-10-24-17(3,12-20)16(22)21-6-8-23-9-7-21/h4-12H2,1-3H3,(H,18,19). The summed E-state index contributed by atoms with van der Waals surface area (Å²) in [5.74, 6) is 1.09. The first-order valence-electron chi connectivity index (χ1n) is 8.79. The molecule has 1 atom stereocenters. The molecule has 1 aromatic heterocycles. The number of aromatic amines is 1. The molecular formula is C17H28N4O3. The van der Waals surface area contributed by atoms with Crippen molar-refractivity contribution in [3.05, 3.63) is 17.2 Å². The Hall–Kier alpha value is -1.44. The first-order valence-corrected chi connectivity index (χ1v) is 8.79. The SMILES string of the molecule is CCc1nc(CN2CCOC(C)(C(=O)N3CCOCC3)C2)c(C)[nH]1. The Labute approximate surface area is 143 Å². The summed E-state index contributed by atoms with van der Waals surface area (Å²) in [6, 6.07) is 0. The number of hydrogen-bond donors (Lipinski definition) is 1. The van der Waals surface area contributed by atoms with E-state index < -0.39 is 5.60 Å². The first kappa shape index (κ1) is 17.4. The number of H-pyrrole nitrogens is 1. The van der Waals surface area contributed by atoms with E-state index in [-0.39, 0.29) is 5.91 Å². The molecule has 2 aliphatic heterocycles. The molecule has 0 aromatic carbocycles. The number of ether oxygens (including phenoxy) is 2. The highest BCUT2D eigenvalue weighted by Crippen LogP contribution is 2.23. The third kappa shape index (κ3) is 3.63. The van der Waals surface area contributed by atoms with Crippen molar-refractivity contribution in [2.24, 2.45) is 0 Å². The van der Waals surface area contributed by atoms with E-state index in [1.807, 2.05) is 11.8 Å². The third-order valence-electron chi connectivity index (χ3n) is 4.85. The number of imidazole rings is 1. The van der Waals surface area contributed by atoms with Gasteiger partial charge in [-0.15, -0.1) is 0 Å². The van der Waals surface area contributed by atoms with Crippen LogP contribution in [0.5, 0.6) is 0 Å². The molecular weight excluding hydrogens is 308 g/mol. The molecule has 1 N–H and O–H groups in total. The summed E-state index contributed by atoms with van der Waals surface area (Å²) in [6.45, 7) is 11.3. The number of nitrogens with zero attached hydrogens (tertiary/aromatic N) is 3. The van der Waals surface area contributed by atoms with Crippen LogP contribution < -0.4 is 0 Å². The molecule has 0 aliphatic carbocycles. The second-order valence-corrected chi connectivity index (χ2v) is 6.80. The number of nitrogens with one attached hydrogen (secondary N) is 1. The Balaban J connectivity index is 1.66. The summed E-state index contributed by atoms with van der Waals surface area (Å²) in [4.78, 5) is 25.0. The molecule has 0 spiro atoms. The van der Waals surface area contributed by atoms with Crippen molar-refractivity contribution in [2.75, 3.05) is 46.0 Å². The summed E-state index contributed by atoms with van der Waals surface area (Å²) in [6.07, 6.45) is 0.900. The van der Waals surface area contributed by atoms with Gasteiger partial charge in [0.1, 0.15) is 5.82 Å². The maximum atomic E-state index is 12.9. The van der Waals surface area contributed by atoms with Crippen LogP contribution in [-0.2, 0) is 27.2 Å². The van der Waals surface area contributed by atoms with Crippen LogP contribution in [-0.4, -0.2) is 77.3 Å². The highest BCUT2D eigenvalue weighted by atomic mass is 16.5. The molecule has 0 saturated carbocycles. The number of amides is 1. The Kier molecular flexibility index (Phi) is 5.22. The van der Waals surface area contributed by atoms with Crippen molar-refractivity contribution in [1.82, 2.24) is 19.8 Å². The minimum atomic E-state index is -0.784. The molecule has 3 rings (SSSR count). The van der Waals surface area contributed by atoms with Gasteiger partial charge in [-0.05, 0) is 13.8 Å². The van der Waals surface area contributed by atoms with Gasteiger partial charge < -0.3 is 19.4 Å². The third-order valence-corrected chi connectivity index (χ3v) is 4.85. The fraction of sp³-hybridized carbons (Fsp3) is 0.765. The molecule has 2 aliphatic rings. The van der Waals surface area contributed by atoms with Gasteiger partial charge in [0, 0.05) is 44.8 Å². The maximum Gasteiger partial charge on any atom is 0.256 e. The fourth-order valence-electron chi connectivity index (χ4n) is 3.41. The summed E-state index contributed by atoms with van der Waals surface area (Å²) in [5.41, 5.74) is 1.39. The van der Waals surface area contributed by atoms with E-state index >= 15 is 0 Å². The largest absolute Gasteiger partial charge is 0.378 e. The van der Waals surface area contributed by atoms with Crippen LogP contribution in [0.4, 0.5) is 0 Å². The van der Waals surface area contributed by atoms with Gasteiger partial charge in [-0.3, -0.25) is 9.69 Å². The van der Waals surface area contributed by atoms with Gasteiger partial charge >= 0.3 is 0 Å². The summed E-state index contributed by atoms with van der Waals surface area (Å²) in [5, 5.41) is 0. The molecule has 0 bridgehead atoms. The summed E-state index contributed by atoms with van der Waals surface area (Å²) >= 11 is 0. The molecule has 1 unspecified atom stereocenters. The average Bonchev–Trinajstić information content (AvgIpc) is 2.95. The highest BCUT2D eigenvalue weighted by molar-refractivity contribution is 5.85. The number of hydrogen-bond acceptors (Lipinski definition) is 5. The van der Waals surface area contributed by atoms with Crippen LogP contribution in [0.25, 0.3) is 0 Å². The Morgan fingerprint density at radius 2 is 2.04 bits per heavy atom. The number of aryl methyl sites for hydroxylation is 2. The van der Waals surface area contributed by atoms with Gasteiger partial charge in [0.2, 0.25) is 0 Å². The van der Waals surface area contributed by atoms with Crippen LogP contribution in [0, 0.1) is 6.92 Å². The second-order valence-electron chi connectivity index (χ2n) is 6.80. The van der Waals surface area contributed by atoms with Gasteiger partial charge in [-0.25, -0.2) is 4.98 Å². The Morgan fingerprint density at radius 1 is 1.29 bits per heavy atom. The van der Waals surface area contributed by atoms with Gasteiger partial charge in [0.05, 0.1) is 25.5 Å². The number of morpholine rings is 2. The molecule has 7 nitrogen and oxygen atoms in total. The zero-order valence-corrected chi connectivity index (χ0v) is 14.9. The van der Waals surface area contributed by atoms with Crippen molar-refractivity contribution < 1.29 is 14.3 Å². The Bertz CT molecular complexity index is 582. The van der Waals surface area contributed by atoms with Crippen LogP contribution in [0.15, 0.2) is 0 Å². The van der Waals surface area contributed by atoms with Gasteiger partial charge in [-0.2, -0.15) is 0 Å². The Morgan fingerprint density at radius 3 is 2.71 bits per heavy atom. The van der Waals surface area contributed by atoms with Gasteiger partial charge in [0.25, 0.3) is 5.91 Å². The maximum absolute atomic E-state index is 12.9. The van der Waals surface area contributed by atoms with E-state index in [4.69, 9.17) is 9.47 Å².